The third kappa shape index (κ3) is 3.36. The Labute approximate surface area is 125 Å². The Bertz CT molecular complexity index is 647. The molecule has 0 spiro atoms. The van der Waals surface area contributed by atoms with Crippen LogP contribution in [0.1, 0.15) is 32.2 Å². The van der Waals surface area contributed by atoms with Crippen LogP contribution >= 0.6 is 11.6 Å². The molecule has 2 rings (SSSR count). The minimum Gasteiger partial charge on any atom is -0.481 e. The predicted molar refractivity (Wildman–Crippen MR) is 74.4 cm³/mol. The van der Waals surface area contributed by atoms with E-state index in [2.05, 4.69) is 15.5 Å². The molecule has 0 saturated heterocycles. The molecule has 0 aliphatic carbocycles. The highest BCUT2D eigenvalue weighted by Gasteiger charge is 2.22. The first-order valence-corrected chi connectivity index (χ1v) is 6.86. The Hall–Kier alpha value is -2.02. The molecule has 1 aromatic heterocycles. The van der Waals surface area contributed by atoms with Gasteiger partial charge in [0.2, 0.25) is 0 Å². The van der Waals surface area contributed by atoms with Crippen molar-refractivity contribution in [1.82, 2.24) is 20.2 Å². The van der Waals surface area contributed by atoms with Crippen molar-refractivity contribution in [3.05, 3.63) is 29.0 Å². The van der Waals surface area contributed by atoms with E-state index in [1.807, 2.05) is 6.92 Å². The lowest BCUT2D eigenvalue weighted by Crippen LogP contribution is -2.16. The van der Waals surface area contributed by atoms with Crippen LogP contribution in [-0.4, -0.2) is 31.3 Å². The first-order valence-electron chi connectivity index (χ1n) is 6.48. The van der Waals surface area contributed by atoms with E-state index in [0.29, 0.717) is 6.42 Å². The zero-order valence-electron chi connectivity index (χ0n) is 11.3. The van der Waals surface area contributed by atoms with Crippen molar-refractivity contribution in [3.8, 4) is 11.4 Å². The number of nitrogens with zero attached hydrogens (tertiary/aromatic N) is 4. The van der Waals surface area contributed by atoms with Gasteiger partial charge in [-0.15, -0.1) is 5.10 Å². The third-order valence-electron chi connectivity index (χ3n) is 3.06. The van der Waals surface area contributed by atoms with Gasteiger partial charge in [-0.3, -0.25) is 4.79 Å². The van der Waals surface area contributed by atoms with Gasteiger partial charge in [0, 0.05) is 0 Å². The highest BCUT2D eigenvalue weighted by atomic mass is 35.5. The molecule has 0 bridgehead atoms. The number of tetrazole rings is 1. The van der Waals surface area contributed by atoms with Crippen LogP contribution in [0.4, 0.5) is 4.39 Å². The summed E-state index contributed by atoms with van der Waals surface area (Å²) in [6.45, 7) is 1.93. The molecule has 0 amide bonds. The standard InChI is InChI=1S/C13H14ClFN4O2/c1-2-4-8(7-11(20)21)19-13(16-17-18-19)9-5-3-6-10(14)12(9)15/h3,5-6,8H,2,4,7H2,1H3,(H,20,21). The molecule has 0 saturated carbocycles. The maximum atomic E-state index is 14.1. The summed E-state index contributed by atoms with van der Waals surface area (Å²) in [5, 5.41) is 20.1. The van der Waals surface area contributed by atoms with Gasteiger partial charge in [0.25, 0.3) is 0 Å². The van der Waals surface area contributed by atoms with Crippen LogP contribution in [-0.2, 0) is 4.79 Å². The van der Waals surface area contributed by atoms with Crippen molar-refractivity contribution < 1.29 is 14.3 Å². The molecule has 1 aromatic carbocycles. The lowest BCUT2D eigenvalue weighted by molar-refractivity contribution is -0.138. The van der Waals surface area contributed by atoms with Gasteiger partial charge in [0.15, 0.2) is 11.6 Å². The largest absolute Gasteiger partial charge is 0.481 e. The average molecular weight is 313 g/mol. The van der Waals surface area contributed by atoms with Crippen molar-refractivity contribution in [2.75, 3.05) is 0 Å². The summed E-state index contributed by atoms with van der Waals surface area (Å²) in [4.78, 5) is 11.0. The molecule has 6 nitrogen and oxygen atoms in total. The van der Waals surface area contributed by atoms with Gasteiger partial charge in [-0.2, -0.15) is 0 Å². The quantitative estimate of drug-likeness (QED) is 0.887. The Kier molecular flexibility index (Phi) is 4.85. The first-order chi connectivity index (χ1) is 10.0. The molecule has 2 aromatic rings. The summed E-state index contributed by atoms with van der Waals surface area (Å²) in [6, 6.07) is 4.09. The van der Waals surface area contributed by atoms with E-state index in [1.165, 1.54) is 16.8 Å². The highest BCUT2D eigenvalue weighted by Crippen LogP contribution is 2.29. The second-order valence-electron chi connectivity index (χ2n) is 4.59. The number of benzene rings is 1. The fraction of sp³-hybridized carbons (Fsp3) is 0.385. The number of halogens is 2. The number of carboxylic acids is 1. The second-order valence-corrected chi connectivity index (χ2v) is 5.00. The molecule has 112 valence electrons. The molecule has 21 heavy (non-hydrogen) atoms. The monoisotopic (exact) mass is 312 g/mol. The van der Waals surface area contributed by atoms with E-state index >= 15 is 0 Å². The minimum atomic E-state index is -0.957. The van der Waals surface area contributed by atoms with Crippen LogP contribution in [0.3, 0.4) is 0 Å². The molecule has 0 fully saturated rings. The first kappa shape index (κ1) is 15.4. The molecule has 8 heteroatoms. The normalized spacial score (nSPS) is 12.3. The van der Waals surface area contributed by atoms with Crippen molar-refractivity contribution in [3.63, 3.8) is 0 Å². The van der Waals surface area contributed by atoms with Gasteiger partial charge in [-0.05, 0) is 29.0 Å². The Morgan fingerprint density at radius 3 is 2.95 bits per heavy atom. The van der Waals surface area contributed by atoms with Gasteiger partial charge < -0.3 is 5.11 Å². The second kappa shape index (κ2) is 6.62. The van der Waals surface area contributed by atoms with Gasteiger partial charge in [0.05, 0.1) is 23.0 Å². The van der Waals surface area contributed by atoms with Gasteiger partial charge in [-0.1, -0.05) is 31.0 Å². The maximum Gasteiger partial charge on any atom is 0.305 e. The molecule has 1 heterocycles. The number of hydrogen-bond donors (Lipinski definition) is 1. The number of aliphatic carboxylic acids is 1. The fourth-order valence-corrected chi connectivity index (χ4v) is 2.31. The summed E-state index contributed by atoms with van der Waals surface area (Å²) in [7, 11) is 0. The lowest BCUT2D eigenvalue weighted by Gasteiger charge is -2.16. The van der Waals surface area contributed by atoms with Crippen LogP contribution in [0.5, 0.6) is 0 Å². The van der Waals surface area contributed by atoms with Crippen LogP contribution in [0.25, 0.3) is 11.4 Å². The summed E-state index contributed by atoms with van der Waals surface area (Å²) in [6.07, 6.45) is 1.20. The molecular weight excluding hydrogens is 299 g/mol. The summed E-state index contributed by atoms with van der Waals surface area (Å²) >= 11 is 5.76. The van der Waals surface area contributed by atoms with E-state index in [4.69, 9.17) is 16.7 Å². The lowest BCUT2D eigenvalue weighted by atomic mass is 10.1. The number of aromatic nitrogens is 4. The summed E-state index contributed by atoms with van der Waals surface area (Å²) in [5.74, 6) is -1.41. The van der Waals surface area contributed by atoms with Crippen molar-refractivity contribution in [1.29, 1.82) is 0 Å². The minimum absolute atomic E-state index is 0.0349. The Balaban J connectivity index is 2.45. The van der Waals surface area contributed by atoms with E-state index < -0.39 is 17.8 Å². The number of hydrogen-bond acceptors (Lipinski definition) is 4. The van der Waals surface area contributed by atoms with Crippen molar-refractivity contribution in [2.45, 2.75) is 32.2 Å². The van der Waals surface area contributed by atoms with Crippen molar-refractivity contribution in [2.24, 2.45) is 0 Å². The molecule has 0 radical (unpaired) electrons. The van der Waals surface area contributed by atoms with E-state index in [9.17, 15) is 9.18 Å². The van der Waals surface area contributed by atoms with Crippen LogP contribution in [0, 0.1) is 5.82 Å². The maximum absolute atomic E-state index is 14.1. The Morgan fingerprint density at radius 1 is 1.52 bits per heavy atom. The van der Waals surface area contributed by atoms with Crippen LogP contribution in [0.2, 0.25) is 5.02 Å². The average Bonchev–Trinajstić information content (AvgIpc) is 2.90. The van der Waals surface area contributed by atoms with Crippen LogP contribution in [0.15, 0.2) is 18.2 Å². The SMILES string of the molecule is CCCC(CC(=O)O)n1nnnc1-c1cccc(Cl)c1F. The van der Waals surface area contributed by atoms with Crippen LogP contribution < -0.4 is 0 Å². The van der Waals surface area contributed by atoms with E-state index in [-0.39, 0.29) is 22.8 Å². The van der Waals surface area contributed by atoms with Gasteiger partial charge >= 0.3 is 5.97 Å². The van der Waals surface area contributed by atoms with E-state index in [0.717, 1.165) is 6.42 Å². The zero-order chi connectivity index (χ0) is 15.4. The molecule has 1 unspecified atom stereocenters. The van der Waals surface area contributed by atoms with E-state index in [1.54, 1.807) is 6.07 Å². The molecule has 1 N–H and O–H groups in total. The Morgan fingerprint density at radius 2 is 2.29 bits per heavy atom. The van der Waals surface area contributed by atoms with Crippen molar-refractivity contribution >= 4 is 17.6 Å². The zero-order valence-corrected chi connectivity index (χ0v) is 12.1. The smallest absolute Gasteiger partial charge is 0.305 e. The highest BCUT2D eigenvalue weighted by molar-refractivity contribution is 6.31. The molecule has 1 atom stereocenters. The molecular formula is C13H14ClFN4O2. The third-order valence-corrected chi connectivity index (χ3v) is 3.36. The number of carbonyl (C=O) groups is 1. The topological polar surface area (TPSA) is 80.9 Å². The number of carboxylic acid groups (broad SMARTS) is 1. The molecule has 0 aliphatic heterocycles. The summed E-state index contributed by atoms with van der Waals surface area (Å²) in [5.41, 5.74) is 0.152. The summed E-state index contributed by atoms with van der Waals surface area (Å²) < 4.78 is 15.5. The molecule has 0 aliphatic rings. The number of rotatable bonds is 6. The fourth-order valence-electron chi connectivity index (χ4n) is 2.14. The van der Waals surface area contributed by atoms with Gasteiger partial charge in [0.1, 0.15) is 0 Å². The predicted octanol–water partition coefficient (Wildman–Crippen LogP) is 2.95. The van der Waals surface area contributed by atoms with Gasteiger partial charge in [-0.25, -0.2) is 9.07 Å².